The van der Waals surface area contributed by atoms with Gasteiger partial charge in [-0.1, -0.05) is 90.4 Å². The van der Waals surface area contributed by atoms with Gasteiger partial charge in [-0.3, -0.25) is 4.57 Å². The van der Waals surface area contributed by atoms with E-state index in [1.165, 1.54) is 90.6 Å². The van der Waals surface area contributed by atoms with E-state index >= 15 is 0 Å². The van der Waals surface area contributed by atoms with Crippen molar-refractivity contribution in [2.24, 2.45) is 0 Å². The number of nitrogens with zero attached hydrogens (tertiary/aromatic N) is 1. The number of ether oxygens (including phenoxy) is 2. The molecule has 0 aromatic rings. The molecule has 7 nitrogen and oxygen atoms in total. The molecule has 200 valence electrons. The third-order valence-electron chi connectivity index (χ3n) is 5.71. The zero-order valence-electron chi connectivity index (χ0n) is 22.4. The van der Waals surface area contributed by atoms with E-state index in [1.807, 2.05) is 21.1 Å². The SMILES string of the molecule is CCCCCCCCCCCCCCCCOC[C@H](COP(=O)([O-])OCC[N+](C)(C)C)OC. The third kappa shape index (κ3) is 24.9. The molecule has 0 aliphatic carbocycles. The lowest BCUT2D eigenvalue weighted by Gasteiger charge is -2.28. The summed E-state index contributed by atoms with van der Waals surface area (Å²) in [5.41, 5.74) is 0. The van der Waals surface area contributed by atoms with Crippen molar-refractivity contribution in [2.45, 2.75) is 103 Å². The molecule has 1 unspecified atom stereocenters. The summed E-state index contributed by atoms with van der Waals surface area (Å²) in [5.74, 6) is 0. The van der Waals surface area contributed by atoms with Crippen LogP contribution in [-0.4, -0.2) is 71.8 Å². The van der Waals surface area contributed by atoms with Crippen molar-refractivity contribution in [3.8, 4) is 0 Å². The average molecular weight is 496 g/mol. The molecule has 0 heterocycles. The molecule has 0 aliphatic heterocycles. The summed E-state index contributed by atoms with van der Waals surface area (Å²) >= 11 is 0. The molecule has 0 saturated carbocycles. The first-order chi connectivity index (χ1) is 15.7. The molecule has 2 atom stereocenters. The summed E-state index contributed by atoms with van der Waals surface area (Å²) in [5, 5.41) is 0. The van der Waals surface area contributed by atoms with E-state index < -0.39 is 13.9 Å². The van der Waals surface area contributed by atoms with Gasteiger partial charge < -0.3 is 27.9 Å². The van der Waals surface area contributed by atoms with Crippen molar-refractivity contribution in [2.75, 3.05) is 61.2 Å². The van der Waals surface area contributed by atoms with Crippen LogP contribution in [0.25, 0.3) is 0 Å². The first-order valence-corrected chi connectivity index (χ1v) is 14.7. The molecule has 0 amide bonds. The van der Waals surface area contributed by atoms with Crippen LogP contribution in [0.1, 0.15) is 96.8 Å². The number of hydrogen-bond donors (Lipinski definition) is 0. The van der Waals surface area contributed by atoms with Gasteiger partial charge in [0.1, 0.15) is 19.3 Å². The van der Waals surface area contributed by atoms with Gasteiger partial charge in [0.15, 0.2) is 0 Å². The molecule has 0 rings (SSSR count). The number of methoxy groups -OCH3 is 1. The van der Waals surface area contributed by atoms with Gasteiger partial charge in [-0.05, 0) is 6.42 Å². The van der Waals surface area contributed by atoms with Crippen LogP contribution in [0.5, 0.6) is 0 Å². The zero-order valence-corrected chi connectivity index (χ0v) is 23.3. The largest absolute Gasteiger partial charge is 0.756 e. The maximum atomic E-state index is 11.8. The molecule has 33 heavy (non-hydrogen) atoms. The van der Waals surface area contributed by atoms with E-state index in [2.05, 4.69) is 6.92 Å². The summed E-state index contributed by atoms with van der Waals surface area (Å²) in [6, 6.07) is 0. The molecule has 0 aliphatic rings. The van der Waals surface area contributed by atoms with E-state index in [4.69, 9.17) is 18.5 Å². The van der Waals surface area contributed by atoms with Gasteiger partial charge >= 0.3 is 0 Å². The van der Waals surface area contributed by atoms with Crippen molar-refractivity contribution in [3.05, 3.63) is 0 Å². The van der Waals surface area contributed by atoms with Crippen molar-refractivity contribution >= 4 is 7.82 Å². The number of likely N-dealkylation sites (N-methyl/N-ethyl adjacent to an activating group) is 1. The highest BCUT2D eigenvalue weighted by atomic mass is 31.2. The number of quaternary nitrogens is 1. The molecule has 0 fully saturated rings. The van der Waals surface area contributed by atoms with Crippen LogP contribution in [0.3, 0.4) is 0 Å². The lowest BCUT2D eigenvalue weighted by Crippen LogP contribution is -2.37. The molecule has 0 aromatic carbocycles. The lowest BCUT2D eigenvalue weighted by atomic mass is 10.0. The summed E-state index contributed by atoms with van der Waals surface area (Å²) in [6.45, 7) is 3.81. The Morgan fingerprint density at radius 1 is 0.727 bits per heavy atom. The van der Waals surface area contributed by atoms with Gasteiger partial charge in [0.25, 0.3) is 7.82 Å². The van der Waals surface area contributed by atoms with Crippen LogP contribution in [0.4, 0.5) is 0 Å². The van der Waals surface area contributed by atoms with Gasteiger partial charge in [-0.25, -0.2) is 0 Å². The second-order valence-electron chi connectivity index (χ2n) is 10.1. The maximum absolute atomic E-state index is 11.8. The van der Waals surface area contributed by atoms with Crippen LogP contribution in [0.2, 0.25) is 0 Å². The first-order valence-electron chi connectivity index (χ1n) is 13.2. The van der Waals surface area contributed by atoms with E-state index in [1.54, 1.807) is 0 Å². The van der Waals surface area contributed by atoms with Crippen LogP contribution >= 0.6 is 7.82 Å². The smallest absolute Gasteiger partial charge is 0.268 e. The van der Waals surface area contributed by atoms with E-state index in [0.717, 1.165) is 6.42 Å². The molecule has 0 spiro atoms. The lowest BCUT2D eigenvalue weighted by molar-refractivity contribution is -0.870. The van der Waals surface area contributed by atoms with Crippen molar-refractivity contribution < 1.29 is 32.5 Å². The fraction of sp³-hybridized carbons (Fsp3) is 1.00. The Kier molecular flexibility index (Phi) is 21.3. The zero-order chi connectivity index (χ0) is 24.8. The number of hydrogen-bond acceptors (Lipinski definition) is 6. The predicted molar refractivity (Wildman–Crippen MR) is 134 cm³/mol. The van der Waals surface area contributed by atoms with Gasteiger partial charge in [0, 0.05) is 13.7 Å². The highest BCUT2D eigenvalue weighted by molar-refractivity contribution is 7.45. The monoisotopic (exact) mass is 495 g/mol. The van der Waals surface area contributed by atoms with Crippen molar-refractivity contribution in [3.63, 3.8) is 0 Å². The molecule has 0 radical (unpaired) electrons. The molecular formula is C25H54NO6P. The maximum Gasteiger partial charge on any atom is 0.268 e. The Morgan fingerprint density at radius 3 is 1.67 bits per heavy atom. The quantitative estimate of drug-likeness (QED) is 0.0918. The van der Waals surface area contributed by atoms with Crippen molar-refractivity contribution in [1.82, 2.24) is 0 Å². The Bertz CT molecular complexity index is 472. The van der Waals surface area contributed by atoms with E-state index in [9.17, 15) is 9.46 Å². The van der Waals surface area contributed by atoms with Crippen LogP contribution in [0, 0.1) is 0 Å². The summed E-state index contributed by atoms with van der Waals surface area (Å²) < 4.78 is 33.2. The Morgan fingerprint density at radius 2 is 1.21 bits per heavy atom. The minimum Gasteiger partial charge on any atom is -0.756 e. The Labute approximate surface area is 204 Å². The second kappa shape index (κ2) is 21.3. The third-order valence-corrected chi connectivity index (χ3v) is 6.67. The molecule has 0 bridgehead atoms. The number of phosphoric ester groups is 1. The minimum absolute atomic E-state index is 0.0948. The Balaban J connectivity index is 3.53. The molecule has 8 heteroatoms. The summed E-state index contributed by atoms with van der Waals surface area (Å²) in [6.07, 6.45) is 18.2. The van der Waals surface area contributed by atoms with Gasteiger partial charge in [-0.15, -0.1) is 0 Å². The minimum atomic E-state index is -4.32. The highest BCUT2D eigenvalue weighted by Crippen LogP contribution is 2.38. The molecule has 0 N–H and O–H groups in total. The number of unbranched alkanes of at least 4 members (excludes halogenated alkanes) is 13. The van der Waals surface area contributed by atoms with Gasteiger partial charge in [-0.2, -0.15) is 0 Å². The van der Waals surface area contributed by atoms with Crippen LogP contribution < -0.4 is 4.89 Å². The van der Waals surface area contributed by atoms with E-state index in [-0.39, 0.29) is 13.2 Å². The van der Waals surface area contributed by atoms with E-state index in [0.29, 0.717) is 24.2 Å². The first kappa shape index (κ1) is 33.0. The highest BCUT2D eigenvalue weighted by Gasteiger charge is 2.16. The summed E-state index contributed by atoms with van der Waals surface area (Å²) in [4.78, 5) is 11.8. The fourth-order valence-corrected chi connectivity index (χ4v) is 4.16. The topological polar surface area (TPSA) is 77.1 Å². The predicted octanol–water partition coefficient (Wildman–Crippen LogP) is 5.71. The fourth-order valence-electron chi connectivity index (χ4n) is 3.44. The molecule has 0 saturated heterocycles. The van der Waals surface area contributed by atoms with Gasteiger partial charge in [0.05, 0.1) is 34.4 Å². The van der Waals surface area contributed by atoms with Gasteiger partial charge in [0.2, 0.25) is 0 Å². The normalized spacial score (nSPS) is 15.0. The Hall–Kier alpha value is -0.0100. The van der Waals surface area contributed by atoms with Crippen LogP contribution in [-0.2, 0) is 23.1 Å². The van der Waals surface area contributed by atoms with Crippen LogP contribution in [0.15, 0.2) is 0 Å². The average Bonchev–Trinajstić information content (AvgIpc) is 2.74. The summed E-state index contributed by atoms with van der Waals surface area (Å²) in [7, 11) is 3.11. The molecular weight excluding hydrogens is 441 g/mol. The second-order valence-corrected chi connectivity index (χ2v) is 11.5. The number of rotatable bonds is 25. The molecule has 0 aromatic heterocycles. The van der Waals surface area contributed by atoms with Crippen molar-refractivity contribution in [1.29, 1.82) is 0 Å². The standard InChI is InChI=1S/C25H54NO6P/c1-6-7-8-9-10-11-12-13-14-15-16-17-18-19-21-30-23-25(29-5)24-32-33(27,28)31-22-20-26(2,3)4/h25H,6-24H2,1-5H3/t25-/m1/s1. The number of phosphoric acid groups is 1.